The van der Waals surface area contributed by atoms with Crippen molar-refractivity contribution in [2.75, 3.05) is 26.7 Å². The number of nitrogens with zero attached hydrogens (tertiary/aromatic N) is 1. The van der Waals surface area contributed by atoms with Crippen LogP contribution in [0, 0.1) is 5.41 Å². The minimum Gasteiger partial charge on any atom is -0.375 e. The van der Waals surface area contributed by atoms with Crippen molar-refractivity contribution in [1.29, 1.82) is 0 Å². The number of nitrogens with one attached hydrogen (secondary N) is 2. The summed E-state index contributed by atoms with van der Waals surface area (Å²) in [6, 6.07) is 10.2. The van der Waals surface area contributed by atoms with Gasteiger partial charge in [0.15, 0.2) is 5.96 Å². The maximum Gasteiger partial charge on any atom is 0.191 e. The van der Waals surface area contributed by atoms with E-state index in [-0.39, 0.29) is 0 Å². The van der Waals surface area contributed by atoms with E-state index in [1.54, 1.807) is 0 Å². The Morgan fingerprint density at radius 1 is 1.23 bits per heavy atom. The summed E-state index contributed by atoms with van der Waals surface area (Å²) in [6.45, 7) is 5.41. The number of aliphatic imine (C=N–C) groups is 1. The van der Waals surface area contributed by atoms with Crippen LogP contribution in [0.1, 0.15) is 38.2 Å². The third kappa shape index (κ3) is 5.02. The molecule has 0 heterocycles. The molecule has 1 fully saturated rings. The van der Waals surface area contributed by atoms with E-state index in [2.05, 4.69) is 34.7 Å². The highest BCUT2D eigenvalue weighted by molar-refractivity contribution is 5.79. The van der Waals surface area contributed by atoms with E-state index in [9.17, 15) is 0 Å². The number of guanidine groups is 1. The minimum atomic E-state index is 0.501. The van der Waals surface area contributed by atoms with Gasteiger partial charge in [0.1, 0.15) is 0 Å². The molecule has 1 aliphatic rings. The van der Waals surface area contributed by atoms with Crippen LogP contribution in [-0.4, -0.2) is 32.7 Å². The predicted octanol–water partition coefficient (Wildman–Crippen LogP) is 2.95. The summed E-state index contributed by atoms with van der Waals surface area (Å²) in [6.07, 6.45) is 5.30. The Kier molecular flexibility index (Phi) is 6.72. The lowest BCUT2D eigenvalue weighted by atomic mass is 9.67. The monoisotopic (exact) mass is 303 g/mol. The molecule has 0 unspecified atom stereocenters. The summed E-state index contributed by atoms with van der Waals surface area (Å²) in [4.78, 5) is 4.28. The molecule has 0 aliphatic heterocycles. The molecule has 2 N–H and O–H groups in total. The molecular formula is C18H29N3O. The van der Waals surface area contributed by atoms with Crippen molar-refractivity contribution in [2.24, 2.45) is 10.4 Å². The molecule has 4 nitrogen and oxygen atoms in total. The van der Waals surface area contributed by atoms with Crippen LogP contribution in [-0.2, 0) is 11.3 Å². The Morgan fingerprint density at radius 3 is 2.59 bits per heavy atom. The maximum atomic E-state index is 5.67. The van der Waals surface area contributed by atoms with E-state index >= 15 is 0 Å². The predicted molar refractivity (Wildman–Crippen MR) is 92.0 cm³/mol. The van der Waals surface area contributed by atoms with Crippen molar-refractivity contribution >= 4 is 5.96 Å². The molecule has 4 heteroatoms. The second-order valence-corrected chi connectivity index (χ2v) is 6.10. The van der Waals surface area contributed by atoms with E-state index in [0.717, 1.165) is 19.0 Å². The lowest BCUT2D eigenvalue weighted by Gasteiger charge is -2.41. The average molecular weight is 303 g/mol. The molecule has 2 rings (SSSR count). The van der Waals surface area contributed by atoms with E-state index in [0.29, 0.717) is 18.6 Å². The van der Waals surface area contributed by atoms with Crippen LogP contribution < -0.4 is 10.6 Å². The molecule has 0 bridgehead atoms. The first-order valence-corrected chi connectivity index (χ1v) is 8.34. The first-order valence-electron chi connectivity index (χ1n) is 8.34. The first-order chi connectivity index (χ1) is 10.8. The number of rotatable bonds is 8. The van der Waals surface area contributed by atoms with Crippen molar-refractivity contribution in [2.45, 2.75) is 39.2 Å². The fourth-order valence-corrected chi connectivity index (χ4v) is 2.83. The van der Waals surface area contributed by atoms with Gasteiger partial charge >= 0.3 is 0 Å². The summed E-state index contributed by atoms with van der Waals surface area (Å²) >= 11 is 0. The number of ether oxygens (including phenoxy) is 1. The summed E-state index contributed by atoms with van der Waals surface area (Å²) in [7, 11) is 1.82. The number of hydrogen-bond acceptors (Lipinski definition) is 2. The lowest BCUT2D eigenvalue weighted by molar-refractivity contribution is 0.124. The fourth-order valence-electron chi connectivity index (χ4n) is 2.83. The van der Waals surface area contributed by atoms with Crippen LogP contribution in [0.2, 0.25) is 0 Å². The maximum absolute atomic E-state index is 5.67. The second kappa shape index (κ2) is 8.79. The van der Waals surface area contributed by atoms with Gasteiger partial charge in [-0.1, -0.05) is 43.7 Å². The molecule has 122 valence electrons. The average Bonchev–Trinajstić information content (AvgIpc) is 2.53. The Morgan fingerprint density at radius 2 is 2.00 bits per heavy atom. The van der Waals surface area contributed by atoms with Crippen LogP contribution in [0.25, 0.3) is 0 Å². The van der Waals surface area contributed by atoms with Crippen LogP contribution in [0.3, 0.4) is 0 Å². The van der Waals surface area contributed by atoms with Crippen molar-refractivity contribution in [3.63, 3.8) is 0 Å². The summed E-state index contributed by atoms with van der Waals surface area (Å²) in [5.74, 6) is 0.878. The first kappa shape index (κ1) is 16.8. The third-order valence-corrected chi connectivity index (χ3v) is 4.67. The van der Waals surface area contributed by atoms with Gasteiger partial charge in [-0.3, -0.25) is 4.99 Å². The Bertz CT molecular complexity index is 449. The van der Waals surface area contributed by atoms with E-state index in [1.807, 2.05) is 25.2 Å². The van der Waals surface area contributed by atoms with Crippen molar-refractivity contribution < 1.29 is 4.74 Å². The zero-order valence-corrected chi connectivity index (χ0v) is 13.9. The molecule has 22 heavy (non-hydrogen) atoms. The Hall–Kier alpha value is -1.55. The lowest BCUT2D eigenvalue weighted by Crippen LogP contribution is -2.46. The molecular weight excluding hydrogens is 274 g/mol. The quantitative estimate of drug-likeness (QED) is 0.441. The zero-order chi connectivity index (χ0) is 15.7. The van der Waals surface area contributed by atoms with Gasteiger partial charge in [-0.15, -0.1) is 0 Å². The van der Waals surface area contributed by atoms with E-state index in [1.165, 1.54) is 31.2 Å². The second-order valence-electron chi connectivity index (χ2n) is 6.10. The van der Waals surface area contributed by atoms with Crippen molar-refractivity contribution in [3.05, 3.63) is 35.9 Å². The molecule has 1 saturated carbocycles. The summed E-state index contributed by atoms with van der Waals surface area (Å²) in [5, 5.41) is 6.77. The van der Waals surface area contributed by atoms with Gasteiger partial charge in [-0.05, 0) is 30.2 Å². The molecule has 0 spiro atoms. The molecule has 0 amide bonds. The van der Waals surface area contributed by atoms with Crippen LogP contribution in [0.5, 0.6) is 0 Å². The van der Waals surface area contributed by atoms with Gasteiger partial charge in [0.2, 0.25) is 0 Å². The highest BCUT2D eigenvalue weighted by atomic mass is 16.5. The highest BCUT2D eigenvalue weighted by Gasteiger charge is 2.34. The van der Waals surface area contributed by atoms with Gasteiger partial charge in [0.25, 0.3) is 0 Å². The van der Waals surface area contributed by atoms with Gasteiger partial charge in [0, 0.05) is 20.1 Å². The molecule has 0 atom stereocenters. The van der Waals surface area contributed by atoms with Crippen LogP contribution >= 0.6 is 0 Å². The molecule has 0 aromatic heterocycles. The van der Waals surface area contributed by atoms with Gasteiger partial charge in [-0.25, -0.2) is 0 Å². The van der Waals surface area contributed by atoms with E-state index < -0.39 is 0 Å². The fraction of sp³-hybridized carbons (Fsp3) is 0.611. The summed E-state index contributed by atoms with van der Waals surface area (Å²) < 4.78 is 5.67. The van der Waals surface area contributed by atoms with Crippen molar-refractivity contribution in [1.82, 2.24) is 10.6 Å². The number of hydrogen-bond donors (Lipinski definition) is 2. The smallest absolute Gasteiger partial charge is 0.191 e. The normalized spacial score (nSPS) is 16.9. The molecule has 1 aromatic rings. The topological polar surface area (TPSA) is 45.7 Å². The summed E-state index contributed by atoms with van der Waals surface area (Å²) in [5.41, 5.74) is 1.71. The molecule has 1 aliphatic carbocycles. The van der Waals surface area contributed by atoms with Gasteiger partial charge < -0.3 is 15.4 Å². The SMILES string of the molecule is CCC1(CNC(=NC)NCCOCc2ccccc2)CCC1. The van der Waals surface area contributed by atoms with E-state index in [4.69, 9.17) is 4.74 Å². The molecule has 0 saturated heterocycles. The number of benzene rings is 1. The van der Waals surface area contributed by atoms with Crippen LogP contribution in [0.4, 0.5) is 0 Å². The van der Waals surface area contributed by atoms with Gasteiger partial charge in [0.05, 0.1) is 13.2 Å². The van der Waals surface area contributed by atoms with Crippen LogP contribution in [0.15, 0.2) is 35.3 Å². The molecule has 0 radical (unpaired) electrons. The zero-order valence-electron chi connectivity index (χ0n) is 13.9. The minimum absolute atomic E-state index is 0.501. The van der Waals surface area contributed by atoms with Gasteiger partial charge in [-0.2, -0.15) is 0 Å². The molecule has 1 aromatic carbocycles. The Balaban J connectivity index is 1.58. The van der Waals surface area contributed by atoms with Crippen molar-refractivity contribution in [3.8, 4) is 0 Å². The highest BCUT2D eigenvalue weighted by Crippen LogP contribution is 2.42. The largest absolute Gasteiger partial charge is 0.375 e. The Labute approximate surface area is 134 Å². The standard InChI is InChI=1S/C18H29N3O/c1-3-18(10-7-11-18)15-21-17(19-2)20-12-13-22-14-16-8-5-4-6-9-16/h4-6,8-9H,3,7,10-15H2,1-2H3,(H2,19,20,21). The third-order valence-electron chi connectivity index (χ3n) is 4.67.